The first-order valence-corrected chi connectivity index (χ1v) is 9.16. The van der Waals surface area contributed by atoms with Gasteiger partial charge in [-0.3, -0.25) is 0 Å². The molecule has 0 bridgehead atoms. The van der Waals surface area contributed by atoms with Crippen LogP contribution in [0, 0.1) is 0 Å². The number of sulfonamides is 1. The molecule has 20 heavy (non-hydrogen) atoms. The van der Waals surface area contributed by atoms with Crippen LogP contribution < -0.4 is 0 Å². The summed E-state index contributed by atoms with van der Waals surface area (Å²) in [6, 6.07) is 7.12. The van der Waals surface area contributed by atoms with Gasteiger partial charge in [0.05, 0.1) is 4.90 Å². The third-order valence-corrected chi connectivity index (χ3v) is 6.41. The number of halogens is 1. The fourth-order valence-corrected chi connectivity index (χ4v) is 4.79. The number of nitrogens with zero attached hydrogens (tertiary/aromatic N) is 1. The monoisotopic (exact) mass is 315 g/mol. The molecule has 0 heterocycles. The maximum absolute atomic E-state index is 12.8. The first-order chi connectivity index (χ1) is 9.57. The summed E-state index contributed by atoms with van der Waals surface area (Å²) >= 11 is 5.87. The van der Waals surface area contributed by atoms with E-state index < -0.39 is 10.0 Å². The van der Waals surface area contributed by atoms with Crippen molar-refractivity contribution in [3.63, 3.8) is 0 Å². The molecule has 0 aliphatic heterocycles. The number of alkyl halides is 1. The highest BCUT2D eigenvalue weighted by Crippen LogP contribution is 2.27. The minimum Gasteiger partial charge on any atom is -0.207 e. The predicted molar refractivity (Wildman–Crippen MR) is 82.4 cm³/mol. The molecule has 0 atom stereocenters. The molecule has 112 valence electrons. The van der Waals surface area contributed by atoms with Crippen LogP contribution >= 0.6 is 11.6 Å². The van der Waals surface area contributed by atoms with Crippen LogP contribution in [0.1, 0.15) is 44.1 Å². The van der Waals surface area contributed by atoms with E-state index >= 15 is 0 Å². The van der Waals surface area contributed by atoms with Crippen molar-refractivity contribution in [3.8, 4) is 0 Å². The summed E-state index contributed by atoms with van der Waals surface area (Å²) in [7, 11) is -1.74. The lowest BCUT2D eigenvalue weighted by molar-refractivity contribution is 0.335. The molecule has 0 aromatic heterocycles. The van der Waals surface area contributed by atoms with Crippen LogP contribution in [0.5, 0.6) is 0 Å². The fourth-order valence-electron chi connectivity index (χ4n) is 2.84. The molecule has 2 rings (SSSR count). The van der Waals surface area contributed by atoms with Gasteiger partial charge in [0.1, 0.15) is 0 Å². The predicted octanol–water partition coefficient (Wildman–Crippen LogP) is 3.77. The van der Waals surface area contributed by atoms with Gasteiger partial charge in [0, 0.05) is 19.0 Å². The Kier molecular flexibility index (Phi) is 5.47. The van der Waals surface area contributed by atoms with E-state index in [1.54, 1.807) is 29.6 Å². The van der Waals surface area contributed by atoms with Crippen LogP contribution in [0.3, 0.4) is 0 Å². The van der Waals surface area contributed by atoms with Gasteiger partial charge in [-0.15, -0.1) is 11.6 Å². The van der Waals surface area contributed by atoms with Crippen molar-refractivity contribution in [2.45, 2.75) is 55.3 Å². The van der Waals surface area contributed by atoms with E-state index in [9.17, 15) is 8.42 Å². The van der Waals surface area contributed by atoms with Crippen molar-refractivity contribution in [1.82, 2.24) is 4.31 Å². The second-order valence-electron chi connectivity index (χ2n) is 5.41. The summed E-state index contributed by atoms with van der Waals surface area (Å²) in [4.78, 5) is 0.349. The van der Waals surface area contributed by atoms with E-state index in [-0.39, 0.29) is 11.9 Å². The molecule has 3 nitrogen and oxygen atoms in total. The van der Waals surface area contributed by atoms with Gasteiger partial charge >= 0.3 is 0 Å². The standard InChI is InChI=1S/C15H22ClNO2S/c1-17(14-9-4-2-3-5-10-14)20(18,19)15-11-7-6-8-13(15)12-16/h6-8,11,14H,2-5,9-10,12H2,1H3. The Balaban J connectivity index is 2.28. The first kappa shape index (κ1) is 15.8. The van der Waals surface area contributed by atoms with Crippen molar-refractivity contribution in [3.05, 3.63) is 29.8 Å². The Labute approximate surface area is 127 Å². The Morgan fingerprint density at radius 2 is 1.75 bits per heavy atom. The average Bonchev–Trinajstić information content (AvgIpc) is 2.75. The fraction of sp³-hybridized carbons (Fsp3) is 0.600. The lowest BCUT2D eigenvalue weighted by Crippen LogP contribution is -2.37. The van der Waals surface area contributed by atoms with Gasteiger partial charge in [-0.1, -0.05) is 43.9 Å². The highest BCUT2D eigenvalue weighted by Gasteiger charge is 2.29. The van der Waals surface area contributed by atoms with E-state index in [0.717, 1.165) is 25.7 Å². The Morgan fingerprint density at radius 1 is 1.15 bits per heavy atom. The molecule has 5 heteroatoms. The largest absolute Gasteiger partial charge is 0.243 e. The lowest BCUT2D eigenvalue weighted by atomic mass is 10.1. The molecule has 1 aromatic rings. The van der Waals surface area contributed by atoms with Crippen molar-refractivity contribution in [1.29, 1.82) is 0 Å². The zero-order valence-electron chi connectivity index (χ0n) is 11.9. The first-order valence-electron chi connectivity index (χ1n) is 7.19. The van der Waals surface area contributed by atoms with Crippen molar-refractivity contribution >= 4 is 21.6 Å². The molecular formula is C15H22ClNO2S. The van der Waals surface area contributed by atoms with Crippen molar-refractivity contribution in [2.75, 3.05) is 7.05 Å². The summed E-state index contributed by atoms with van der Waals surface area (Å²) in [5.41, 5.74) is 0.676. The summed E-state index contributed by atoms with van der Waals surface area (Å²) in [5, 5.41) is 0. The summed E-state index contributed by atoms with van der Waals surface area (Å²) in [5.74, 6) is 0.216. The zero-order chi connectivity index (χ0) is 14.6. The van der Waals surface area contributed by atoms with Crippen LogP contribution in [0.2, 0.25) is 0 Å². The minimum absolute atomic E-state index is 0.117. The minimum atomic E-state index is -3.45. The highest BCUT2D eigenvalue weighted by atomic mass is 35.5. The molecular weight excluding hydrogens is 294 g/mol. The Bertz CT molecular complexity index is 537. The molecule has 0 saturated heterocycles. The second kappa shape index (κ2) is 6.92. The Hall–Kier alpha value is -0.580. The van der Waals surface area contributed by atoms with Gasteiger partial charge in [-0.05, 0) is 24.5 Å². The van der Waals surface area contributed by atoms with Crippen LogP contribution in [0.4, 0.5) is 0 Å². The van der Waals surface area contributed by atoms with Crippen LogP contribution in [0.25, 0.3) is 0 Å². The maximum atomic E-state index is 12.8. The molecule has 1 saturated carbocycles. The normalized spacial score (nSPS) is 18.1. The molecule has 0 radical (unpaired) electrons. The van der Waals surface area contributed by atoms with E-state index in [1.807, 2.05) is 6.07 Å². The third-order valence-electron chi connectivity index (χ3n) is 4.11. The molecule has 0 unspecified atom stereocenters. The van der Waals surface area contributed by atoms with Gasteiger partial charge in [0.15, 0.2) is 0 Å². The number of hydrogen-bond donors (Lipinski definition) is 0. The Morgan fingerprint density at radius 3 is 2.35 bits per heavy atom. The summed E-state index contributed by atoms with van der Waals surface area (Å²) in [6.07, 6.45) is 6.56. The highest BCUT2D eigenvalue weighted by molar-refractivity contribution is 7.89. The second-order valence-corrected chi connectivity index (χ2v) is 7.64. The van der Waals surface area contributed by atoms with Crippen LogP contribution in [0.15, 0.2) is 29.2 Å². The van der Waals surface area contributed by atoms with Crippen molar-refractivity contribution in [2.24, 2.45) is 0 Å². The maximum Gasteiger partial charge on any atom is 0.243 e. The molecule has 1 aromatic carbocycles. The molecule has 1 fully saturated rings. The smallest absolute Gasteiger partial charge is 0.207 e. The molecule has 1 aliphatic rings. The quantitative estimate of drug-likeness (QED) is 0.626. The summed E-state index contributed by atoms with van der Waals surface area (Å²) < 4.78 is 27.1. The van der Waals surface area contributed by atoms with Crippen LogP contribution in [-0.4, -0.2) is 25.8 Å². The van der Waals surface area contributed by atoms with E-state index in [4.69, 9.17) is 11.6 Å². The van der Waals surface area contributed by atoms with Gasteiger partial charge in [-0.25, -0.2) is 8.42 Å². The van der Waals surface area contributed by atoms with Gasteiger partial charge in [0.2, 0.25) is 10.0 Å². The average molecular weight is 316 g/mol. The van der Waals surface area contributed by atoms with Gasteiger partial charge < -0.3 is 0 Å². The number of benzene rings is 1. The van der Waals surface area contributed by atoms with Gasteiger partial charge in [-0.2, -0.15) is 4.31 Å². The molecule has 0 N–H and O–H groups in total. The molecule has 0 spiro atoms. The molecule has 1 aliphatic carbocycles. The van der Waals surface area contributed by atoms with E-state index in [2.05, 4.69) is 0 Å². The van der Waals surface area contributed by atoms with E-state index in [1.165, 1.54) is 12.8 Å². The van der Waals surface area contributed by atoms with Crippen LogP contribution in [-0.2, 0) is 15.9 Å². The summed E-state index contributed by atoms with van der Waals surface area (Å²) in [6.45, 7) is 0. The number of rotatable bonds is 4. The topological polar surface area (TPSA) is 37.4 Å². The molecule has 0 amide bonds. The van der Waals surface area contributed by atoms with E-state index in [0.29, 0.717) is 10.5 Å². The SMILES string of the molecule is CN(C1CCCCCC1)S(=O)(=O)c1ccccc1CCl. The van der Waals surface area contributed by atoms with Crippen molar-refractivity contribution < 1.29 is 8.42 Å². The lowest BCUT2D eigenvalue weighted by Gasteiger charge is -2.27. The number of hydrogen-bond acceptors (Lipinski definition) is 2. The third kappa shape index (κ3) is 3.35. The van der Waals surface area contributed by atoms with Gasteiger partial charge in [0.25, 0.3) is 0 Å². The zero-order valence-corrected chi connectivity index (χ0v) is 13.5.